The predicted molar refractivity (Wildman–Crippen MR) is 165 cm³/mol. The summed E-state index contributed by atoms with van der Waals surface area (Å²) in [5.41, 5.74) is 2.43. The number of carbonyl (C=O) groups is 4. The number of hydrogen-bond donors (Lipinski definition) is 5. The fourth-order valence-corrected chi connectivity index (χ4v) is 5.74. The predicted octanol–water partition coefficient (Wildman–Crippen LogP) is 2.85. The van der Waals surface area contributed by atoms with Crippen molar-refractivity contribution in [1.29, 1.82) is 0 Å². The Bertz CT molecular complexity index is 954. The van der Waals surface area contributed by atoms with Gasteiger partial charge in [-0.2, -0.15) is 23.5 Å². The zero-order valence-corrected chi connectivity index (χ0v) is 29.8. The number of hydrogen-bond acceptors (Lipinski definition) is 7. The first-order valence-electron chi connectivity index (χ1n) is 14.0. The summed E-state index contributed by atoms with van der Waals surface area (Å²) in [5, 5.41) is 18.4. The van der Waals surface area contributed by atoms with Crippen LogP contribution >= 0.6 is 23.5 Å². The van der Waals surface area contributed by atoms with Crippen LogP contribution in [-0.4, -0.2) is 72.0 Å². The van der Waals surface area contributed by atoms with E-state index >= 15 is 0 Å². The summed E-state index contributed by atoms with van der Waals surface area (Å²) in [6.07, 6.45) is 1.44. The minimum absolute atomic E-state index is 0. The van der Waals surface area contributed by atoms with Crippen LogP contribution in [0.15, 0.2) is 24.3 Å². The molecular weight excluding hydrogens is 637 g/mol. The maximum atomic E-state index is 13.3. The number of aliphatic hydroxyl groups is 1. The minimum atomic E-state index is -0.806. The van der Waals surface area contributed by atoms with E-state index in [1.54, 1.807) is 30.4 Å². The molecule has 9 nitrogen and oxygen atoms in total. The fraction of sp³-hybridized carbons (Fsp3) is 0.655. The maximum Gasteiger partial charge on any atom is 0.243 e. The van der Waals surface area contributed by atoms with Gasteiger partial charge in [0.2, 0.25) is 23.6 Å². The Morgan fingerprint density at radius 2 is 1.51 bits per heavy atom. The van der Waals surface area contributed by atoms with Crippen LogP contribution in [0.25, 0.3) is 0 Å². The molecule has 0 aromatic heterocycles. The van der Waals surface area contributed by atoms with Crippen molar-refractivity contribution in [2.75, 3.05) is 25.2 Å². The first-order valence-corrected chi connectivity index (χ1v) is 16.3. The number of carbonyl (C=O) groups excluding carboxylic acids is 4. The smallest absolute Gasteiger partial charge is 0.243 e. The number of thioether (sulfide) groups is 2. The number of aliphatic hydroxyl groups excluding tert-OH is 1. The van der Waals surface area contributed by atoms with Crippen LogP contribution in [0.3, 0.4) is 0 Å². The topological polar surface area (TPSA) is 137 Å². The van der Waals surface area contributed by atoms with E-state index in [2.05, 4.69) is 39.5 Å². The first kappa shape index (κ1) is 39.9. The third-order valence-electron chi connectivity index (χ3n) is 6.45. The van der Waals surface area contributed by atoms with Gasteiger partial charge in [0, 0.05) is 75.8 Å². The van der Waals surface area contributed by atoms with E-state index in [9.17, 15) is 19.2 Å². The third-order valence-corrected chi connectivity index (χ3v) is 8.51. The molecule has 0 spiro atoms. The molecule has 1 aromatic rings. The second-order valence-corrected chi connectivity index (χ2v) is 12.5. The summed E-state index contributed by atoms with van der Waals surface area (Å²) in [6, 6.07) is 6.12. The van der Waals surface area contributed by atoms with Crippen molar-refractivity contribution in [2.24, 2.45) is 11.8 Å². The molecule has 1 aliphatic heterocycles. The molecule has 2 bridgehead atoms. The molecule has 0 aliphatic carbocycles. The molecular formula is C29H48N4O5S2Y. The Labute approximate surface area is 279 Å². The largest absolute Gasteiger partial charge is 0.400 e. The van der Waals surface area contributed by atoms with Gasteiger partial charge in [-0.1, -0.05) is 58.4 Å². The van der Waals surface area contributed by atoms with E-state index in [1.807, 2.05) is 33.8 Å². The van der Waals surface area contributed by atoms with Crippen LogP contribution in [0, 0.1) is 11.8 Å². The van der Waals surface area contributed by atoms with Crippen LogP contribution in [0.4, 0.5) is 0 Å². The molecule has 5 N–H and O–H groups in total. The molecule has 12 heteroatoms. The molecule has 2 rings (SSSR count). The van der Waals surface area contributed by atoms with Gasteiger partial charge >= 0.3 is 0 Å². The van der Waals surface area contributed by atoms with E-state index in [0.717, 1.165) is 24.4 Å². The van der Waals surface area contributed by atoms with E-state index in [4.69, 9.17) is 5.11 Å². The number of fused-ring (bicyclic) bond motifs is 2. The van der Waals surface area contributed by atoms with E-state index in [1.165, 1.54) is 11.1 Å². The van der Waals surface area contributed by atoms with Crippen molar-refractivity contribution in [3.63, 3.8) is 0 Å². The summed E-state index contributed by atoms with van der Waals surface area (Å²) in [7, 11) is 1.00. The van der Waals surface area contributed by atoms with Crippen molar-refractivity contribution in [2.45, 2.75) is 83.5 Å². The molecule has 41 heavy (non-hydrogen) atoms. The van der Waals surface area contributed by atoms with Crippen LogP contribution < -0.4 is 21.3 Å². The molecule has 1 radical (unpaired) electrons. The minimum Gasteiger partial charge on any atom is -0.400 e. The summed E-state index contributed by atoms with van der Waals surface area (Å²) in [6.45, 7) is 9.97. The number of rotatable bonds is 4. The molecule has 0 unspecified atom stereocenters. The summed E-state index contributed by atoms with van der Waals surface area (Å²) >= 11 is 3.42. The van der Waals surface area contributed by atoms with Gasteiger partial charge in [0.05, 0.1) is 0 Å². The maximum absolute atomic E-state index is 13.3. The quantitative estimate of drug-likeness (QED) is 0.329. The second-order valence-electron chi connectivity index (χ2n) is 10.3. The molecule has 4 amide bonds. The Balaban J connectivity index is 0.00000521. The first-order chi connectivity index (χ1) is 19.1. The molecule has 229 valence electrons. The zero-order valence-electron chi connectivity index (χ0n) is 25.3. The number of amides is 4. The van der Waals surface area contributed by atoms with Crippen LogP contribution in [0.1, 0.15) is 65.0 Å². The molecule has 1 aliphatic rings. The number of nitrogens with one attached hydrogen (secondary N) is 4. The van der Waals surface area contributed by atoms with Gasteiger partial charge < -0.3 is 26.4 Å². The van der Waals surface area contributed by atoms with Gasteiger partial charge in [-0.15, -0.1) is 0 Å². The summed E-state index contributed by atoms with van der Waals surface area (Å²) in [4.78, 5) is 51.7. The van der Waals surface area contributed by atoms with Gasteiger partial charge in [0.25, 0.3) is 0 Å². The third kappa shape index (κ3) is 15.8. The normalized spacial score (nSPS) is 22.6. The average molecular weight is 686 g/mol. The molecule has 1 aromatic carbocycles. The monoisotopic (exact) mass is 685 g/mol. The molecule has 4 atom stereocenters. The van der Waals surface area contributed by atoms with Gasteiger partial charge in [-0.05, 0) is 36.3 Å². The van der Waals surface area contributed by atoms with Gasteiger partial charge in [0.1, 0.15) is 18.1 Å². The van der Waals surface area contributed by atoms with Gasteiger partial charge in [0.15, 0.2) is 0 Å². The van der Waals surface area contributed by atoms with Crippen LogP contribution in [0.2, 0.25) is 0 Å². The van der Waals surface area contributed by atoms with E-state index in [-0.39, 0.29) is 62.3 Å². The van der Waals surface area contributed by atoms with Crippen molar-refractivity contribution in [3.05, 3.63) is 35.4 Å². The van der Waals surface area contributed by atoms with E-state index in [0.29, 0.717) is 31.6 Å². The van der Waals surface area contributed by atoms with Gasteiger partial charge in [-0.3, -0.25) is 19.2 Å². The Kier molecular flexibility index (Phi) is 21.8. The van der Waals surface area contributed by atoms with Crippen LogP contribution in [-0.2, 0) is 63.4 Å². The van der Waals surface area contributed by atoms with Crippen molar-refractivity contribution < 1.29 is 57.0 Å². The standard InChI is InChI=1S/C28H44N4O4S2.CH4O.Y/c1-6-19(4)25-28(36)29-11-13-38-17-22-9-7-8-21(15-22)16-37-12-10-24(33)30-20(5)26(34)31-23(14-18(2)3)27(35)32-25;1-2;/h7-9,15,18-20,23,25H,6,10-14,16-17H2,1-5H3,(H,29,36)(H,30,33)(H,31,34)(H,32,35);2H,1H3;/t19-,20-,23-,25-;;/m0../s1. The Morgan fingerprint density at radius 3 is 2.10 bits per heavy atom. The molecule has 0 fully saturated rings. The SMILES string of the molecule is CC[C@H](C)[C@@H]1NC(=O)[C@H](CC(C)C)NC(=O)[C@H](C)NC(=O)CCSCc2cccc(c2)CSCCNC1=O.CO.[Y]. The fourth-order valence-electron chi connectivity index (χ4n) is 4.05. The summed E-state index contributed by atoms with van der Waals surface area (Å²) < 4.78 is 0. The van der Waals surface area contributed by atoms with Crippen molar-refractivity contribution in [1.82, 2.24) is 21.3 Å². The summed E-state index contributed by atoms with van der Waals surface area (Å²) in [5.74, 6) is 1.88. The molecule has 0 saturated carbocycles. The van der Waals surface area contributed by atoms with Gasteiger partial charge in [-0.25, -0.2) is 0 Å². The second kappa shape index (κ2) is 22.4. The molecule has 1 heterocycles. The average Bonchev–Trinajstić information content (AvgIpc) is 2.93. The van der Waals surface area contributed by atoms with Crippen molar-refractivity contribution in [3.8, 4) is 0 Å². The Morgan fingerprint density at radius 1 is 0.902 bits per heavy atom. The molecule has 0 saturated heterocycles. The Hall–Kier alpha value is -1.14. The number of benzene rings is 1. The zero-order chi connectivity index (χ0) is 30.1. The van der Waals surface area contributed by atoms with Crippen molar-refractivity contribution >= 4 is 47.2 Å². The van der Waals surface area contributed by atoms with Crippen LogP contribution in [0.5, 0.6) is 0 Å². The van der Waals surface area contributed by atoms with E-state index < -0.39 is 24.0 Å².